The average molecular weight is 247 g/mol. The third-order valence-electron chi connectivity index (χ3n) is 2.77. The molecule has 0 bridgehead atoms. The fourth-order valence-electron chi connectivity index (χ4n) is 1.50. The molecule has 1 fully saturated rings. The first-order chi connectivity index (χ1) is 7.06. The molecule has 0 aliphatic heterocycles. The first-order valence-corrected chi connectivity index (χ1v) is 5.67. The minimum atomic E-state index is -0.534. The van der Waals surface area contributed by atoms with E-state index in [9.17, 15) is 9.59 Å². The number of hydrogen-bond donors (Lipinski definition) is 2. The second kappa shape index (κ2) is 3.72. The molecule has 82 valence electrons. The summed E-state index contributed by atoms with van der Waals surface area (Å²) in [4.78, 5) is 24.6. The van der Waals surface area contributed by atoms with Gasteiger partial charge in [-0.2, -0.15) is 12.6 Å². The van der Waals surface area contributed by atoms with Crippen LogP contribution in [0, 0.1) is 5.41 Å². The first-order valence-electron chi connectivity index (χ1n) is 4.66. The van der Waals surface area contributed by atoms with Crippen molar-refractivity contribution >= 4 is 24.2 Å². The molecular formula is C9H11ClN2O2S. The predicted octanol–water partition coefficient (Wildman–Crippen LogP) is 0.900. The lowest BCUT2D eigenvalue weighted by atomic mass is 10.1. The van der Waals surface area contributed by atoms with E-state index in [1.54, 1.807) is 0 Å². The van der Waals surface area contributed by atoms with Crippen molar-refractivity contribution < 1.29 is 0 Å². The Bertz CT molecular complexity index is 490. The molecule has 1 aliphatic carbocycles. The van der Waals surface area contributed by atoms with Gasteiger partial charge in [-0.3, -0.25) is 14.3 Å². The van der Waals surface area contributed by atoms with E-state index in [-0.39, 0.29) is 10.4 Å². The second-order valence-corrected chi connectivity index (χ2v) is 4.75. The lowest BCUT2D eigenvalue weighted by Gasteiger charge is -2.13. The summed E-state index contributed by atoms with van der Waals surface area (Å²) in [6, 6.07) is 0. The number of nitrogens with one attached hydrogen (secondary N) is 1. The van der Waals surface area contributed by atoms with Crippen LogP contribution in [0.5, 0.6) is 0 Å². The number of aromatic nitrogens is 2. The van der Waals surface area contributed by atoms with Crippen molar-refractivity contribution in [2.75, 3.05) is 5.75 Å². The van der Waals surface area contributed by atoms with Crippen LogP contribution in [0.4, 0.5) is 0 Å². The minimum absolute atomic E-state index is 0.0459. The molecule has 1 N–H and O–H groups in total. The van der Waals surface area contributed by atoms with Crippen molar-refractivity contribution in [1.82, 2.24) is 9.55 Å². The quantitative estimate of drug-likeness (QED) is 0.779. The van der Waals surface area contributed by atoms with Gasteiger partial charge >= 0.3 is 5.69 Å². The van der Waals surface area contributed by atoms with Crippen LogP contribution in [-0.4, -0.2) is 15.3 Å². The Morgan fingerprint density at radius 1 is 1.53 bits per heavy atom. The van der Waals surface area contributed by atoms with E-state index in [2.05, 4.69) is 17.6 Å². The van der Waals surface area contributed by atoms with Crippen molar-refractivity contribution in [2.45, 2.75) is 19.4 Å². The monoisotopic (exact) mass is 246 g/mol. The van der Waals surface area contributed by atoms with Crippen LogP contribution < -0.4 is 11.2 Å². The lowest BCUT2D eigenvalue weighted by Crippen LogP contribution is -2.32. The Hall–Kier alpha value is -0.680. The zero-order valence-electron chi connectivity index (χ0n) is 7.99. The molecule has 15 heavy (non-hydrogen) atoms. The van der Waals surface area contributed by atoms with Crippen LogP contribution in [0.25, 0.3) is 0 Å². The first kappa shape index (κ1) is 10.8. The Morgan fingerprint density at radius 2 is 2.20 bits per heavy atom. The second-order valence-electron chi connectivity index (χ2n) is 4.02. The molecule has 0 spiro atoms. The van der Waals surface area contributed by atoms with Crippen molar-refractivity contribution in [2.24, 2.45) is 5.41 Å². The minimum Gasteiger partial charge on any atom is -0.299 e. The van der Waals surface area contributed by atoms with Crippen LogP contribution in [0.3, 0.4) is 0 Å². The maximum absolute atomic E-state index is 11.4. The maximum atomic E-state index is 11.4. The molecule has 0 saturated heterocycles. The molecule has 1 saturated carbocycles. The summed E-state index contributed by atoms with van der Waals surface area (Å²) in [5, 5.41) is 0.0459. The number of H-pyrrole nitrogens is 1. The largest absolute Gasteiger partial charge is 0.328 e. The highest BCUT2D eigenvalue weighted by molar-refractivity contribution is 7.80. The fraction of sp³-hybridized carbons (Fsp3) is 0.556. The zero-order chi connectivity index (χ0) is 11.1. The predicted molar refractivity (Wildman–Crippen MR) is 61.9 cm³/mol. The van der Waals surface area contributed by atoms with Gasteiger partial charge in [-0.15, -0.1) is 0 Å². The number of hydrogen-bond acceptors (Lipinski definition) is 3. The standard InChI is InChI=1S/C9H11ClN2O2S/c10-6-3-12(8(14)11-7(6)13)4-9(5-15)1-2-9/h3,15H,1-2,4-5H2,(H,11,13,14). The summed E-state index contributed by atoms with van der Waals surface area (Å²) in [5.74, 6) is 0.746. The van der Waals surface area contributed by atoms with E-state index in [4.69, 9.17) is 11.6 Å². The molecule has 4 nitrogen and oxygen atoms in total. The fourth-order valence-corrected chi connectivity index (χ4v) is 2.09. The Labute approximate surface area is 96.7 Å². The van der Waals surface area contributed by atoms with Crippen LogP contribution in [0.15, 0.2) is 15.8 Å². The van der Waals surface area contributed by atoms with E-state index in [0.29, 0.717) is 6.54 Å². The van der Waals surface area contributed by atoms with Gasteiger partial charge in [0.05, 0.1) is 0 Å². The van der Waals surface area contributed by atoms with E-state index in [0.717, 1.165) is 18.6 Å². The van der Waals surface area contributed by atoms with Gasteiger partial charge in [0, 0.05) is 12.7 Å². The van der Waals surface area contributed by atoms with Gasteiger partial charge in [0.25, 0.3) is 5.56 Å². The summed E-state index contributed by atoms with van der Waals surface area (Å²) >= 11 is 9.91. The number of halogens is 1. The summed E-state index contributed by atoms with van der Waals surface area (Å²) in [6.07, 6.45) is 3.53. The number of thiol groups is 1. The van der Waals surface area contributed by atoms with Gasteiger partial charge in [0.1, 0.15) is 5.02 Å². The molecule has 1 aromatic rings. The van der Waals surface area contributed by atoms with Gasteiger partial charge in [0.15, 0.2) is 0 Å². The lowest BCUT2D eigenvalue weighted by molar-refractivity contribution is 0.457. The molecule has 0 radical (unpaired) electrons. The van der Waals surface area contributed by atoms with E-state index in [1.807, 2.05) is 0 Å². The van der Waals surface area contributed by atoms with Gasteiger partial charge < -0.3 is 0 Å². The molecule has 1 heterocycles. The Morgan fingerprint density at radius 3 is 2.73 bits per heavy atom. The maximum Gasteiger partial charge on any atom is 0.328 e. The highest BCUT2D eigenvalue weighted by Gasteiger charge is 2.41. The molecule has 1 aromatic heterocycles. The normalized spacial score (nSPS) is 17.7. The molecule has 0 atom stereocenters. The summed E-state index contributed by atoms with van der Waals surface area (Å²) in [6.45, 7) is 0.575. The van der Waals surface area contributed by atoms with Gasteiger partial charge in [-0.1, -0.05) is 11.6 Å². The third kappa shape index (κ3) is 2.13. The van der Waals surface area contributed by atoms with Crippen molar-refractivity contribution in [3.05, 3.63) is 32.1 Å². The van der Waals surface area contributed by atoms with Crippen LogP contribution in [-0.2, 0) is 6.54 Å². The molecular weight excluding hydrogens is 236 g/mol. The van der Waals surface area contributed by atoms with Crippen LogP contribution in [0.1, 0.15) is 12.8 Å². The van der Waals surface area contributed by atoms with Gasteiger partial charge in [-0.05, 0) is 24.0 Å². The van der Waals surface area contributed by atoms with Gasteiger partial charge in [-0.25, -0.2) is 4.79 Å². The van der Waals surface area contributed by atoms with Gasteiger partial charge in [0.2, 0.25) is 0 Å². The zero-order valence-corrected chi connectivity index (χ0v) is 9.65. The molecule has 0 aromatic carbocycles. The van der Waals surface area contributed by atoms with Crippen molar-refractivity contribution in [3.8, 4) is 0 Å². The number of aromatic amines is 1. The molecule has 6 heteroatoms. The highest BCUT2D eigenvalue weighted by atomic mass is 35.5. The van der Waals surface area contributed by atoms with Crippen molar-refractivity contribution in [1.29, 1.82) is 0 Å². The smallest absolute Gasteiger partial charge is 0.299 e. The molecule has 2 rings (SSSR count). The van der Waals surface area contributed by atoms with E-state index < -0.39 is 11.2 Å². The average Bonchev–Trinajstić information content (AvgIpc) is 2.95. The SMILES string of the molecule is O=c1[nH]c(=O)n(CC2(CS)CC2)cc1Cl. The van der Waals surface area contributed by atoms with E-state index >= 15 is 0 Å². The molecule has 1 aliphatic rings. The summed E-state index contributed by atoms with van der Waals surface area (Å²) in [5.41, 5.74) is -0.819. The van der Waals surface area contributed by atoms with Crippen LogP contribution >= 0.6 is 24.2 Å². The third-order valence-corrected chi connectivity index (χ3v) is 3.71. The summed E-state index contributed by atoms with van der Waals surface area (Å²) < 4.78 is 1.45. The topological polar surface area (TPSA) is 54.9 Å². The molecule has 0 amide bonds. The Kier molecular flexibility index (Phi) is 2.68. The number of rotatable bonds is 3. The Balaban J connectivity index is 2.33. The number of nitrogens with zero attached hydrogens (tertiary/aromatic N) is 1. The van der Waals surface area contributed by atoms with E-state index in [1.165, 1.54) is 10.8 Å². The molecule has 0 unspecified atom stereocenters. The highest BCUT2D eigenvalue weighted by Crippen LogP contribution is 2.47. The van der Waals surface area contributed by atoms with Crippen LogP contribution in [0.2, 0.25) is 5.02 Å². The summed E-state index contributed by atoms with van der Waals surface area (Å²) in [7, 11) is 0. The van der Waals surface area contributed by atoms with Crippen molar-refractivity contribution in [3.63, 3.8) is 0 Å².